The minimum Gasteiger partial charge on any atom is -0.508 e. The number of aromatic hydroxyl groups is 1. The highest BCUT2D eigenvalue weighted by Gasteiger charge is 2.05. The van der Waals surface area contributed by atoms with Gasteiger partial charge in [-0.2, -0.15) is 0 Å². The number of benzene rings is 2. The fraction of sp³-hybridized carbons (Fsp3) is 0.118. The predicted octanol–water partition coefficient (Wildman–Crippen LogP) is 4.33. The molecular formula is C17H17N3OS. The lowest BCUT2D eigenvalue weighted by Crippen LogP contribution is -2.07. The molecule has 0 amide bonds. The van der Waals surface area contributed by atoms with Crippen molar-refractivity contribution in [1.82, 2.24) is 4.98 Å². The Morgan fingerprint density at radius 1 is 1.00 bits per heavy atom. The summed E-state index contributed by atoms with van der Waals surface area (Å²) in [5.74, 6) is 0.256. The number of nitrogens with one attached hydrogen (secondary N) is 1. The van der Waals surface area contributed by atoms with Gasteiger partial charge in [0.05, 0.1) is 5.69 Å². The van der Waals surface area contributed by atoms with Gasteiger partial charge in [0.1, 0.15) is 5.75 Å². The number of phenols is 1. The lowest BCUT2D eigenvalue weighted by molar-refractivity contribution is 0.475. The number of phenolic OH excluding ortho intramolecular Hbond substituents is 1. The maximum Gasteiger partial charge on any atom is 0.187 e. The van der Waals surface area contributed by atoms with Crippen LogP contribution in [0.3, 0.4) is 0 Å². The Bertz CT molecular complexity index is 748. The lowest BCUT2D eigenvalue weighted by Gasteiger charge is -2.12. The van der Waals surface area contributed by atoms with Crippen LogP contribution in [0.25, 0.3) is 11.3 Å². The van der Waals surface area contributed by atoms with Crippen LogP contribution in [-0.2, 0) is 0 Å². The van der Waals surface area contributed by atoms with E-state index in [9.17, 15) is 5.11 Å². The van der Waals surface area contributed by atoms with Crippen molar-refractivity contribution in [3.63, 3.8) is 0 Å². The third kappa shape index (κ3) is 3.20. The van der Waals surface area contributed by atoms with Crippen LogP contribution < -0.4 is 10.2 Å². The van der Waals surface area contributed by atoms with Crippen LogP contribution in [0, 0.1) is 0 Å². The fourth-order valence-electron chi connectivity index (χ4n) is 2.06. The van der Waals surface area contributed by atoms with Crippen LogP contribution in [0.5, 0.6) is 5.75 Å². The Morgan fingerprint density at radius 2 is 1.68 bits per heavy atom. The third-order valence-corrected chi connectivity index (χ3v) is 4.06. The molecule has 5 heteroatoms. The average molecular weight is 311 g/mol. The van der Waals surface area contributed by atoms with Crippen LogP contribution in [0.2, 0.25) is 0 Å². The third-order valence-electron chi connectivity index (χ3n) is 3.30. The standard InChI is InChI=1S/C17H17N3OS/c1-20(2)14-7-3-12(4-8-14)16-11-22-17(19-16)18-13-5-9-15(21)10-6-13/h3-11,21H,1-2H3,(H,18,19). The molecule has 112 valence electrons. The van der Waals surface area contributed by atoms with E-state index in [1.165, 1.54) is 5.69 Å². The molecule has 0 radical (unpaired) electrons. The second kappa shape index (κ2) is 6.07. The van der Waals surface area contributed by atoms with Gasteiger partial charge in [0.15, 0.2) is 5.13 Å². The number of anilines is 3. The van der Waals surface area contributed by atoms with Gasteiger partial charge in [0.25, 0.3) is 0 Å². The highest BCUT2D eigenvalue weighted by atomic mass is 32.1. The molecule has 1 heterocycles. The van der Waals surface area contributed by atoms with E-state index in [1.54, 1.807) is 23.5 Å². The first-order valence-electron chi connectivity index (χ1n) is 6.91. The van der Waals surface area contributed by atoms with E-state index in [1.807, 2.05) is 31.6 Å². The largest absolute Gasteiger partial charge is 0.508 e. The van der Waals surface area contributed by atoms with Crippen LogP contribution in [0.15, 0.2) is 53.9 Å². The second-order valence-corrected chi connectivity index (χ2v) is 6.01. The Labute approximate surface area is 133 Å². The molecule has 0 saturated carbocycles. The van der Waals surface area contributed by atoms with Gasteiger partial charge in [-0.3, -0.25) is 0 Å². The number of nitrogens with zero attached hydrogens (tertiary/aromatic N) is 2. The Balaban J connectivity index is 1.77. The predicted molar refractivity (Wildman–Crippen MR) is 93.3 cm³/mol. The van der Waals surface area contributed by atoms with E-state index in [2.05, 4.69) is 39.5 Å². The topological polar surface area (TPSA) is 48.4 Å². The molecule has 0 aliphatic heterocycles. The van der Waals surface area contributed by atoms with Gasteiger partial charge in [0.2, 0.25) is 0 Å². The molecule has 0 atom stereocenters. The van der Waals surface area contributed by atoms with Crippen LogP contribution in [0.1, 0.15) is 0 Å². The van der Waals surface area contributed by atoms with Gasteiger partial charge in [-0.15, -0.1) is 11.3 Å². The van der Waals surface area contributed by atoms with E-state index >= 15 is 0 Å². The summed E-state index contributed by atoms with van der Waals surface area (Å²) < 4.78 is 0. The van der Waals surface area contributed by atoms with Crippen molar-refractivity contribution in [2.24, 2.45) is 0 Å². The van der Waals surface area contributed by atoms with Crippen molar-refractivity contribution < 1.29 is 5.11 Å². The molecule has 22 heavy (non-hydrogen) atoms. The maximum atomic E-state index is 9.29. The summed E-state index contributed by atoms with van der Waals surface area (Å²) in [7, 11) is 4.05. The Hall–Kier alpha value is -2.53. The van der Waals surface area contributed by atoms with Gasteiger partial charge in [-0.05, 0) is 36.4 Å². The SMILES string of the molecule is CN(C)c1ccc(-c2csc(Nc3ccc(O)cc3)n2)cc1. The summed E-state index contributed by atoms with van der Waals surface area (Å²) >= 11 is 1.56. The van der Waals surface area contributed by atoms with Gasteiger partial charge in [-0.25, -0.2) is 4.98 Å². The smallest absolute Gasteiger partial charge is 0.187 e. The fourth-order valence-corrected chi connectivity index (χ4v) is 2.80. The van der Waals surface area contributed by atoms with Crippen LogP contribution in [0.4, 0.5) is 16.5 Å². The molecule has 2 aromatic carbocycles. The minimum atomic E-state index is 0.256. The normalized spacial score (nSPS) is 10.5. The average Bonchev–Trinajstić information content (AvgIpc) is 2.98. The van der Waals surface area contributed by atoms with E-state index in [4.69, 9.17) is 0 Å². The summed E-state index contributed by atoms with van der Waals surface area (Å²) in [6, 6.07) is 15.3. The first kappa shape index (κ1) is 14.4. The molecule has 0 aliphatic carbocycles. The first-order valence-corrected chi connectivity index (χ1v) is 7.79. The molecule has 4 nitrogen and oxygen atoms in total. The maximum absolute atomic E-state index is 9.29. The molecule has 0 fully saturated rings. The molecule has 0 aliphatic rings. The van der Waals surface area contributed by atoms with Gasteiger partial charge in [0, 0.05) is 36.4 Å². The number of rotatable bonds is 4. The molecule has 0 unspecified atom stereocenters. The lowest BCUT2D eigenvalue weighted by atomic mass is 10.1. The monoisotopic (exact) mass is 311 g/mol. The number of hydrogen-bond donors (Lipinski definition) is 2. The quantitative estimate of drug-likeness (QED) is 0.704. The highest BCUT2D eigenvalue weighted by Crippen LogP contribution is 2.28. The minimum absolute atomic E-state index is 0.256. The zero-order valence-corrected chi connectivity index (χ0v) is 13.3. The van der Waals surface area contributed by atoms with Crippen molar-refractivity contribution in [3.8, 4) is 17.0 Å². The van der Waals surface area contributed by atoms with Crippen LogP contribution in [-0.4, -0.2) is 24.2 Å². The van der Waals surface area contributed by atoms with E-state index in [-0.39, 0.29) is 5.75 Å². The molecule has 1 aromatic heterocycles. The van der Waals surface area contributed by atoms with Crippen molar-refractivity contribution in [2.75, 3.05) is 24.3 Å². The van der Waals surface area contributed by atoms with Crippen molar-refractivity contribution in [3.05, 3.63) is 53.9 Å². The summed E-state index contributed by atoms with van der Waals surface area (Å²) in [5.41, 5.74) is 4.13. The van der Waals surface area contributed by atoms with Crippen LogP contribution >= 0.6 is 11.3 Å². The zero-order valence-electron chi connectivity index (χ0n) is 12.4. The molecule has 3 rings (SSSR count). The van der Waals surface area contributed by atoms with Crippen molar-refractivity contribution >= 4 is 27.8 Å². The molecule has 0 bridgehead atoms. The molecule has 0 spiro atoms. The number of aromatic nitrogens is 1. The molecule has 0 saturated heterocycles. The van der Waals surface area contributed by atoms with Gasteiger partial charge < -0.3 is 15.3 Å². The Kier molecular flexibility index (Phi) is 3.98. The summed E-state index contributed by atoms with van der Waals surface area (Å²) in [4.78, 5) is 6.68. The van der Waals surface area contributed by atoms with Crippen molar-refractivity contribution in [2.45, 2.75) is 0 Å². The number of thiazole rings is 1. The summed E-state index contributed by atoms with van der Waals surface area (Å²) in [6.07, 6.45) is 0. The first-order chi connectivity index (χ1) is 10.6. The summed E-state index contributed by atoms with van der Waals surface area (Å²) in [5, 5.41) is 15.4. The zero-order chi connectivity index (χ0) is 15.5. The van der Waals surface area contributed by atoms with E-state index in [0.717, 1.165) is 22.1 Å². The van der Waals surface area contributed by atoms with E-state index < -0.39 is 0 Å². The molecule has 3 aromatic rings. The Morgan fingerprint density at radius 3 is 2.32 bits per heavy atom. The second-order valence-electron chi connectivity index (χ2n) is 5.15. The van der Waals surface area contributed by atoms with Gasteiger partial charge in [-0.1, -0.05) is 12.1 Å². The highest BCUT2D eigenvalue weighted by molar-refractivity contribution is 7.14. The van der Waals surface area contributed by atoms with E-state index in [0.29, 0.717) is 0 Å². The molecule has 2 N–H and O–H groups in total. The molecular weight excluding hydrogens is 294 g/mol. The van der Waals surface area contributed by atoms with Crippen molar-refractivity contribution in [1.29, 1.82) is 0 Å². The number of hydrogen-bond acceptors (Lipinski definition) is 5. The van der Waals surface area contributed by atoms with Gasteiger partial charge >= 0.3 is 0 Å². The summed E-state index contributed by atoms with van der Waals surface area (Å²) in [6.45, 7) is 0.